The van der Waals surface area contributed by atoms with Crippen LogP contribution in [0, 0.1) is 0 Å². The first-order valence-corrected chi connectivity index (χ1v) is 4.54. The van der Waals surface area contributed by atoms with E-state index in [9.17, 15) is 22.4 Å². The Hall–Kier alpha value is -2.06. The van der Waals surface area contributed by atoms with Crippen LogP contribution in [0.3, 0.4) is 0 Å². The van der Waals surface area contributed by atoms with Crippen molar-refractivity contribution in [3.8, 4) is 5.75 Å². The van der Waals surface area contributed by atoms with E-state index in [0.717, 1.165) is 6.07 Å². The first-order chi connectivity index (χ1) is 8.23. The molecule has 1 aromatic rings. The van der Waals surface area contributed by atoms with E-state index in [1.165, 1.54) is 0 Å². The van der Waals surface area contributed by atoms with Crippen molar-refractivity contribution in [1.29, 1.82) is 0 Å². The molecule has 0 aliphatic heterocycles. The van der Waals surface area contributed by atoms with E-state index in [2.05, 4.69) is 9.72 Å². The Kier molecular flexibility index (Phi) is 3.94. The van der Waals surface area contributed by atoms with Crippen molar-refractivity contribution in [2.75, 3.05) is 5.73 Å². The number of nitrogens with zero attached hydrogens (tertiary/aromatic N) is 1. The van der Waals surface area contributed by atoms with Gasteiger partial charge in [0.15, 0.2) is 5.75 Å². The summed E-state index contributed by atoms with van der Waals surface area (Å²) in [5, 5.41) is 8.53. The first-order valence-electron chi connectivity index (χ1n) is 4.54. The number of carbonyl (C=O) groups is 1. The fraction of sp³-hybridized carbons (Fsp3) is 0.333. The lowest BCUT2D eigenvalue weighted by Crippen LogP contribution is -2.20. The standard InChI is InChI=1S/C9H8F4N2O3/c10-3-4-1-6(14)15-5(2-7(16)17)8(4)18-9(11,12)13/h1H,2-3H2,(H2,14,15)(H,16,17). The van der Waals surface area contributed by atoms with Gasteiger partial charge in [0.05, 0.1) is 12.1 Å². The highest BCUT2D eigenvalue weighted by molar-refractivity contribution is 5.71. The number of carboxylic acid groups (broad SMARTS) is 1. The highest BCUT2D eigenvalue weighted by Crippen LogP contribution is 2.31. The van der Waals surface area contributed by atoms with Crippen molar-refractivity contribution in [3.05, 3.63) is 17.3 Å². The van der Waals surface area contributed by atoms with Gasteiger partial charge in [0.2, 0.25) is 0 Å². The summed E-state index contributed by atoms with van der Waals surface area (Å²) in [6, 6.07) is 0.854. The summed E-state index contributed by atoms with van der Waals surface area (Å²) < 4.78 is 52.5. The molecule has 0 atom stereocenters. The van der Waals surface area contributed by atoms with Gasteiger partial charge >= 0.3 is 12.3 Å². The minimum absolute atomic E-state index is 0.284. The number of alkyl halides is 4. The number of hydrogen-bond donors (Lipinski definition) is 2. The van der Waals surface area contributed by atoms with Gasteiger partial charge in [0.1, 0.15) is 12.5 Å². The summed E-state index contributed by atoms with van der Waals surface area (Å²) in [6.45, 7) is -1.29. The largest absolute Gasteiger partial charge is 0.573 e. The van der Waals surface area contributed by atoms with Crippen LogP contribution in [-0.4, -0.2) is 22.4 Å². The molecule has 0 bridgehead atoms. The van der Waals surface area contributed by atoms with Crippen molar-refractivity contribution < 1.29 is 32.2 Å². The SMILES string of the molecule is Nc1cc(CF)c(OC(F)(F)F)c(CC(=O)O)n1. The zero-order valence-corrected chi connectivity index (χ0v) is 8.79. The number of hydrogen-bond acceptors (Lipinski definition) is 4. The first kappa shape index (κ1) is 14.0. The van der Waals surface area contributed by atoms with Crippen molar-refractivity contribution in [2.45, 2.75) is 19.5 Å². The van der Waals surface area contributed by atoms with Gasteiger partial charge in [-0.1, -0.05) is 0 Å². The van der Waals surface area contributed by atoms with Gasteiger partial charge in [0.25, 0.3) is 0 Å². The maximum absolute atomic E-state index is 12.6. The quantitative estimate of drug-likeness (QED) is 0.811. The Morgan fingerprint density at radius 3 is 2.56 bits per heavy atom. The Bertz CT molecular complexity index is 462. The van der Waals surface area contributed by atoms with Gasteiger partial charge < -0.3 is 15.6 Å². The number of nitrogens with two attached hydrogens (primary N) is 1. The lowest BCUT2D eigenvalue weighted by Gasteiger charge is -2.15. The predicted molar refractivity (Wildman–Crippen MR) is 51.5 cm³/mol. The summed E-state index contributed by atoms with van der Waals surface area (Å²) >= 11 is 0. The average molecular weight is 268 g/mol. The number of anilines is 1. The number of ether oxygens (including phenoxy) is 1. The lowest BCUT2D eigenvalue weighted by atomic mass is 10.1. The smallest absolute Gasteiger partial charge is 0.481 e. The number of carboxylic acids is 1. The van der Waals surface area contributed by atoms with E-state index in [1.807, 2.05) is 0 Å². The summed E-state index contributed by atoms with van der Waals surface area (Å²) in [6.07, 6.45) is -5.93. The highest BCUT2D eigenvalue weighted by atomic mass is 19.4. The fourth-order valence-electron chi connectivity index (χ4n) is 1.27. The molecular formula is C9H8F4N2O3. The molecule has 1 aromatic heterocycles. The van der Waals surface area contributed by atoms with Crippen molar-refractivity contribution in [2.24, 2.45) is 0 Å². The molecule has 0 saturated carbocycles. The number of rotatable bonds is 4. The number of aliphatic carboxylic acids is 1. The molecule has 100 valence electrons. The summed E-state index contributed by atoms with van der Waals surface area (Å²) in [4.78, 5) is 13.9. The van der Waals surface area contributed by atoms with Crippen LogP contribution in [0.5, 0.6) is 5.75 Å². The van der Waals surface area contributed by atoms with Gasteiger partial charge in [-0.3, -0.25) is 4.79 Å². The van der Waals surface area contributed by atoms with Crippen LogP contribution in [0.15, 0.2) is 6.07 Å². The molecule has 1 rings (SSSR count). The molecule has 0 aliphatic rings. The minimum atomic E-state index is -5.07. The predicted octanol–water partition coefficient (Wildman–Crippen LogP) is 1.66. The van der Waals surface area contributed by atoms with Crippen LogP contribution in [0.4, 0.5) is 23.4 Å². The van der Waals surface area contributed by atoms with E-state index in [-0.39, 0.29) is 5.82 Å². The molecule has 0 spiro atoms. The van der Waals surface area contributed by atoms with Crippen LogP contribution in [0.1, 0.15) is 11.3 Å². The molecule has 0 aliphatic carbocycles. The van der Waals surface area contributed by atoms with Crippen LogP contribution >= 0.6 is 0 Å². The Morgan fingerprint density at radius 1 is 1.50 bits per heavy atom. The fourth-order valence-corrected chi connectivity index (χ4v) is 1.27. The van der Waals surface area contributed by atoms with E-state index < -0.39 is 42.4 Å². The molecule has 1 heterocycles. The average Bonchev–Trinajstić information content (AvgIpc) is 2.19. The maximum Gasteiger partial charge on any atom is 0.573 e. The molecule has 0 aromatic carbocycles. The van der Waals surface area contributed by atoms with Gasteiger partial charge in [-0.2, -0.15) is 0 Å². The summed E-state index contributed by atoms with van der Waals surface area (Å²) in [5.74, 6) is -2.68. The highest BCUT2D eigenvalue weighted by Gasteiger charge is 2.34. The minimum Gasteiger partial charge on any atom is -0.481 e. The number of nitrogen functional groups attached to an aromatic ring is 1. The summed E-state index contributed by atoms with van der Waals surface area (Å²) in [5.41, 5.74) is 4.16. The second kappa shape index (κ2) is 5.07. The third-order valence-corrected chi connectivity index (χ3v) is 1.82. The Labute approximate surface area is 98.2 Å². The monoisotopic (exact) mass is 268 g/mol. The molecule has 9 heteroatoms. The molecule has 0 saturated heterocycles. The zero-order chi connectivity index (χ0) is 13.9. The lowest BCUT2D eigenvalue weighted by molar-refractivity contribution is -0.275. The van der Waals surface area contributed by atoms with Crippen molar-refractivity contribution >= 4 is 11.8 Å². The Balaban J connectivity index is 3.28. The van der Waals surface area contributed by atoms with E-state index in [4.69, 9.17) is 10.8 Å². The Morgan fingerprint density at radius 2 is 2.11 bits per heavy atom. The van der Waals surface area contributed by atoms with Crippen LogP contribution in [0.25, 0.3) is 0 Å². The molecule has 5 nitrogen and oxygen atoms in total. The molecular weight excluding hydrogens is 260 g/mol. The molecule has 0 fully saturated rings. The number of pyridine rings is 1. The third-order valence-electron chi connectivity index (χ3n) is 1.82. The van der Waals surface area contributed by atoms with Crippen molar-refractivity contribution in [3.63, 3.8) is 0 Å². The van der Waals surface area contributed by atoms with E-state index >= 15 is 0 Å². The topological polar surface area (TPSA) is 85.4 Å². The van der Waals surface area contributed by atoms with Gasteiger partial charge in [-0.15, -0.1) is 13.2 Å². The van der Waals surface area contributed by atoms with E-state index in [1.54, 1.807) is 0 Å². The zero-order valence-electron chi connectivity index (χ0n) is 8.79. The van der Waals surface area contributed by atoms with Crippen LogP contribution in [-0.2, 0) is 17.9 Å². The number of aromatic nitrogens is 1. The normalized spacial score (nSPS) is 11.3. The maximum atomic E-state index is 12.6. The van der Waals surface area contributed by atoms with E-state index in [0.29, 0.717) is 0 Å². The van der Waals surface area contributed by atoms with Crippen LogP contribution in [0.2, 0.25) is 0 Å². The second-order valence-electron chi connectivity index (χ2n) is 3.23. The van der Waals surface area contributed by atoms with Gasteiger partial charge in [-0.05, 0) is 6.07 Å². The third kappa shape index (κ3) is 3.75. The van der Waals surface area contributed by atoms with Crippen LogP contribution < -0.4 is 10.5 Å². The molecule has 0 amide bonds. The van der Waals surface area contributed by atoms with Gasteiger partial charge in [-0.25, -0.2) is 9.37 Å². The van der Waals surface area contributed by atoms with Crippen molar-refractivity contribution in [1.82, 2.24) is 4.98 Å². The molecule has 3 N–H and O–H groups in total. The molecule has 18 heavy (non-hydrogen) atoms. The van der Waals surface area contributed by atoms with Gasteiger partial charge in [0, 0.05) is 5.56 Å². The molecule has 0 unspecified atom stereocenters. The second-order valence-corrected chi connectivity index (χ2v) is 3.23. The summed E-state index contributed by atoms with van der Waals surface area (Å²) in [7, 11) is 0. The molecule has 0 radical (unpaired) electrons. The number of halogens is 4.